The molecule has 5 nitrogen and oxygen atoms in total. The largest absolute Gasteiger partial charge is 0.355 e. The molecule has 1 aliphatic rings. The van der Waals surface area contributed by atoms with E-state index in [1.807, 2.05) is 22.7 Å². The Morgan fingerprint density at radius 1 is 1.03 bits per heavy atom. The van der Waals surface area contributed by atoms with Gasteiger partial charge in [-0.15, -0.1) is 22.7 Å². The van der Waals surface area contributed by atoms with Crippen LogP contribution in [0.1, 0.15) is 32.6 Å². The fourth-order valence-electron chi connectivity index (χ4n) is 3.46. The van der Waals surface area contributed by atoms with Gasteiger partial charge < -0.3 is 10.2 Å². The van der Waals surface area contributed by atoms with Crippen LogP contribution < -0.4 is 5.32 Å². The molecule has 29 heavy (non-hydrogen) atoms. The summed E-state index contributed by atoms with van der Waals surface area (Å²) in [6, 6.07) is 10.3. The molecule has 0 atom stereocenters. The number of thiazole rings is 1. The lowest BCUT2D eigenvalue weighted by Crippen LogP contribution is -2.29. The Morgan fingerprint density at radius 3 is 2.66 bits per heavy atom. The highest BCUT2D eigenvalue weighted by atomic mass is 32.1. The van der Waals surface area contributed by atoms with Crippen molar-refractivity contribution in [1.29, 1.82) is 0 Å². The van der Waals surface area contributed by atoms with E-state index in [0.717, 1.165) is 40.2 Å². The molecule has 0 bridgehead atoms. The molecule has 7 heteroatoms. The molecule has 4 heterocycles. The molecule has 0 spiro atoms. The van der Waals surface area contributed by atoms with Crippen LogP contribution in [0.2, 0.25) is 0 Å². The zero-order chi connectivity index (χ0) is 20.1. The Balaban J connectivity index is 0.000000174. The van der Waals surface area contributed by atoms with Gasteiger partial charge in [0, 0.05) is 37.3 Å². The zero-order valence-electron chi connectivity index (χ0n) is 16.4. The summed E-state index contributed by atoms with van der Waals surface area (Å²) in [5.41, 5.74) is 5.04. The van der Waals surface area contributed by atoms with Gasteiger partial charge in [-0.25, -0.2) is 9.97 Å². The highest BCUT2D eigenvalue weighted by molar-refractivity contribution is 7.17. The van der Waals surface area contributed by atoms with Crippen LogP contribution in [0.5, 0.6) is 0 Å². The van der Waals surface area contributed by atoms with Crippen molar-refractivity contribution < 1.29 is 4.79 Å². The normalized spacial score (nSPS) is 14.3. The summed E-state index contributed by atoms with van der Waals surface area (Å²) in [5.74, 6) is 0.238. The van der Waals surface area contributed by atoms with Crippen molar-refractivity contribution in [2.24, 2.45) is 0 Å². The van der Waals surface area contributed by atoms with Gasteiger partial charge in [-0.3, -0.25) is 4.79 Å². The van der Waals surface area contributed by atoms with Crippen molar-refractivity contribution in [3.05, 3.63) is 47.4 Å². The van der Waals surface area contributed by atoms with Gasteiger partial charge in [0.1, 0.15) is 4.83 Å². The number of rotatable bonds is 2. The standard InChI is InChI=1S/C14H9N3S2.C8H15NO/c1-2-13-12(16-8-19-13)7-9(1)17-11-3-5-15-14-10(11)4-6-18-14;1-8(10)9-6-4-2-3-5-7-9/h1-8H,(H,15,17);2-7H2,1H3. The van der Waals surface area contributed by atoms with Crippen LogP contribution in [0, 0.1) is 0 Å². The summed E-state index contributed by atoms with van der Waals surface area (Å²) in [6.45, 7) is 3.62. The van der Waals surface area contributed by atoms with Crippen molar-refractivity contribution in [3.63, 3.8) is 0 Å². The van der Waals surface area contributed by atoms with Crippen LogP contribution in [-0.4, -0.2) is 33.9 Å². The van der Waals surface area contributed by atoms with Crippen LogP contribution in [0.15, 0.2) is 47.4 Å². The first-order chi connectivity index (χ1) is 14.2. The molecule has 0 radical (unpaired) electrons. The third-order valence-corrected chi connectivity index (χ3v) is 6.66. The van der Waals surface area contributed by atoms with Crippen LogP contribution in [0.4, 0.5) is 11.4 Å². The molecule has 3 aromatic heterocycles. The highest BCUT2D eigenvalue weighted by Crippen LogP contribution is 2.29. The minimum atomic E-state index is 0.238. The SMILES string of the molecule is CC(=O)N1CCCCCC1.c1cc(Nc2ccc3scnc3c2)c2ccsc2n1. The lowest BCUT2D eigenvalue weighted by molar-refractivity contribution is -0.128. The van der Waals surface area contributed by atoms with Crippen molar-refractivity contribution in [2.45, 2.75) is 32.6 Å². The Kier molecular flexibility index (Phi) is 6.36. The topological polar surface area (TPSA) is 58.1 Å². The molecule has 0 aliphatic carbocycles. The highest BCUT2D eigenvalue weighted by Gasteiger charge is 2.10. The Bertz CT molecular complexity index is 1100. The first-order valence-corrected chi connectivity index (χ1v) is 11.6. The third-order valence-electron chi connectivity index (χ3n) is 5.03. The van der Waals surface area contributed by atoms with Gasteiger partial charge >= 0.3 is 0 Å². The van der Waals surface area contributed by atoms with Gasteiger partial charge in [0.15, 0.2) is 0 Å². The molecular weight excluding hydrogens is 400 g/mol. The number of nitrogens with zero attached hydrogens (tertiary/aromatic N) is 3. The quantitative estimate of drug-likeness (QED) is 0.425. The molecule has 150 valence electrons. The number of carbonyl (C=O) groups excluding carboxylic acids is 1. The number of anilines is 2. The number of hydrogen-bond acceptors (Lipinski definition) is 6. The summed E-state index contributed by atoms with van der Waals surface area (Å²) < 4.78 is 1.21. The van der Waals surface area contributed by atoms with E-state index in [1.165, 1.54) is 30.4 Å². The zero-order valence-corrected chi connectivity index (χ0v) is 18.1. The summed E-state index contributed by atoms with van der Waals surface area (Å²) in [7, 11) is 0. The van der Waals surface area contributed by atoms with Crippen molar-refractivity contribution >= 4 is 60.4 Å². The molecule has 0 saturated carbocycles. The van der Waals surface area contributed by atoms with E-state index in [0.29, 0.717) is 0 Å². The molecule has 1 N–H and O–H groups in total. The summed E-state index contributed by atoms with van der Waals surface area (Å²) in [6.07, 6.45) is 6.81. The van der Waals surface area contributed by atoms with Crippen LogP contribution in [-0.2, 0) is 4.79 Å². The van der Waals surface area contributed by atoms with E-state index >= 15 is 0 Å². The lowest BCUT2D eigenvalue weighted by Gasteiger charge is -2.17. The first kappa shape index (κ1) is 19.8. The second-order valence-corrected chi connectivity index (χ2v) is 8.86. The number of likely N-dealkylation sites (tertiary alicyclic amines) is 1. The predicted octanol–water partition coefficient (Wildman–Crippen LogP) is 6.06. The van der Waals surface area contributed by atoms with E-state index in [2.05, 4.69) is 44.9 Å². The van der Waals surface area contributed by atoms with Gasteiger partial charge in [0.05, 0.1) is 21.4 Å². The molecular formula is C22H24N4OS2. The number of benzene rings is 1. The summed E-state index contributed by atoms with van der Waals surface area (Å²) in [5, 5.41) is 6.67. The summed E-state index contributed by atoms with van der Waals surface area (Å²) >= 11 is 3.31. The molecule has 1 amide bonds. The number of thiophene rings is 1. The minimum Gasteiger partial charge on any atom is -0.355 e. The minimum absolute atomic E-state index is 0.238. The van der Waals surface area contributed by atoms with Crippen LogP contribution >= 0.6 is 22.7 Å². The lowest BCUT2D eigenvalue weighted by atomic mass is 10.2. The van der Waals surface area contributed by atoms with E-state index in [1.54, 1.807) is 29.6 Å². The van der Waals surface area contributed by atoms with Crippen LogP contribution in [0.3, 0.4) is 0 Å². The fraction of sp³-hybridized carbons (Fsp3) is 0.318. The predicted molar refractivity (Wildman–Crippen MR) is 123 cm³/mol. The van der Waals surface area contributed by atoms with E-state index < -0.39 is 0 Å². The number of pyridine rings is 1. The van der Waals surface area contributed by atoms with Crippen molar-refractivity contribution in [3.8, 4) is 0 Å². The molecule has 4 aromatic rings. The van der Waals surface area contributed by atoms with Crippen LogP contribution in [0.25, 0.3) is 20.4 Å². The van der Waals surface area contributed by atoms with Gasteiger partial charge in [-0.05, 0) is 48.6 Å². The van der Waals surface area contributed by atoms with Gasteiger partial charge in [0.2, 0.25) is 5.91 Å². The summed E-state index contributed by atoms with van der Waals surface area (Å²) in [4.78, 5) is 22.6. The number of fused-ring (bicyclic) bond motifs is 2. The molecule has 0 unspecified atom stereocenters. The number of aromatic nitrogens is 2. The molecule has 1 aliphatic heterocycles. The monoisotopic (exact) mass is 424 g/mol. The average Bonchev–Trinajstić information content (AvgIpc) is 3.31. The number of nitrogens with one attached hydrogen (secondary N) is 1. The van der Waals surface area contributed by atoms with Crippen molar-refractivity contribution in [2.75, 3.05) is 18.4 Å². The Labute approximate surface area is 178 Å². The second kappa shape index (κ2) is 9.33. The average molecular weight is 425 g/mol. The second-order valence-electron chi connectivity index (χ2n) is 7.08. The van der Waals surface area contributed by atoms with Crippen molar-refractivity contribution in [1.82, 2.24) is 14.9 Å². The van der Waals surface area contributed by atoms with E-state index in [9.17, 15) is 4.79 Å². The maximum atomic E-state index is 10.9. The molecule has 5 rings (SSSR count). The van der Waals surface area contributed by atoms with Gasteiger partial charge in [-0.2, -0.15) is 0 Å². The van der Waals surface area contributed by atoms with Gasteiger partial charge in [0.25, 0.3) is 0 Å². The smallest absolute Gasteiger partial charge is 0.219 e. The molecule has 1 fully saturated rings. The number of carbonyl (C=O) groups is 1. The number of amides is 1. The third kappa shape index (κ3) is 4.92. The fourth-order valence-corrected chi connectivity index (χ4v) is 4.88. The maximum absolute atomic E-state index is 10.9. The van der Waals surface area contributed by atoms with E-state index in [4.69, 9.17) is 0 Å². The maximum Gasteiger partial charge on any atom is 0.219 e. The Hall–Kier alpha value is -2.51. The van der Waals surface area contributed by atoms with Gasteiger partial charge in [-0.1, -0.05) is 12.8 Å². The Morgan fingerprint density at radius 2 is 1.86 bits per heavy atom. The van der Waals surface area contributed by atoms with E-state index in [-0.39, 0.29) is 5.91 Å². The molecule has 1 saturated heterocycles. The molecule has 1 aromatic carbocycles. The number of hydrogen-bond donors (Lipinski definition) is 1. The first-order valence-electron chi connectivity index (χ1n) is 9.89.